The van der Waals surface area contributed by atoms with Crippen molar-refractivity contribution in [1.29, 1.82) is 0 Å². The van der Waals surface area contributed by atoms with Gasteiger partial charge in [0.05, 0.1) is 24.4 Å². The zero-order valence-electron chi connectivity index (χ0n) is 40.5. The number of aliphatic hydroxyl groups excluding tert-OH is 1. The summed E-state index contributed by atoms with van der Waals surface area (Å²) in [6, 6.07) is -1.16. The Labute approximate surface area is 386 Å². The molecule has 65 heavy (non-hydrogen) atoms. The van der Waals surface area contributed by atoms with E-state index in [1.54, 1.807) is 35.0 Å². The number of cyclic esters (lactones) is 1. The molecule has 2 saturated heterocycles. The number of hydrogen-bond donors (Lipinski definition) is 2. The van der Waals surface area contributed by atoms with Crippen molar-refractivity contribution in [2.45, 2.75) is 180 Å². The zero-order valence-corrected chi connectivity index (χ0v) is 40.5. The molecular formula is C51H78FNO12. The summed E-state index contributed by atoms with van der Waals surface area (Å²) in [5.74, 6) is -8.44. The fraction of sp³-hybridized carbons (Fsp3) is 0.745. The van der Waals surface area contributed by atoms with Crippen molar-refractivity contribution < 1.29 is 62.3 Å². The standard InChI is InChI=1S/C51H78FNO12/c1-30-16-12-11-13-17-31(2)42(61-8)28-38-21-19-36(7)51(60,65-38)48(57)49(58)53-23-15-14-18-39(53)50(59)64-43(33(4)26-37-20-22-40(54)44(27-37)62-9)29-41(55)32(3)25-34(5)45(52)47(63-10)46(56)35(6)24-30/h11-13,16-17,25,30,32-33,35-40,42-45,47,54,60H,14-15,18-24,26-29H2,1-10H3/b13-11+,16-12+,31-17+,34-25+/t30-,32-,33-,35-,36-,37?,38+,39+,40-,42+,43?,44-,45?,47-,51-/m1/s1. The fourth-order valence-corrected chi connectivity index (χ4v) is 10.1. The highest BCUT2D eigenvalue weighted by atomic mass is 19.1. The number of alkyl halides is 1. The lowest BCUT2D eigenvalue weighted by Crippen LogP contribution is -2.61. The van der Waals surface area contributed by atoms with Crippen LogP contribution in [-0.4, -0.2) is 127 Å². The topological polar surface area (TPSA) is 175 Å². The smallest absolute Gasteiger partial charge is 0.329 e. The van der Waals surface area contributed by atoms with E-state index >= 15 is 4.39 Å². The van der Waals surface area contributed by atoms with Crippen LogP contribution in [0.5, 0.6) is 0 Å². The minimum Gasteiger partial charge on any atom is -0.460 e. The Balaban J connectivity index is 1.70. The second-order valence-corrected chi connectivity index (χ2v) is 19.5. The molecule has 4 rings (SSSR count). The van der Waals surface area contributed by atoms with E-state index in [0.717, 1.165) is 5.57 Å². The molecule has 3 aliphatic heterocycles. The number of methoxy groups -OCH3 is 3. The lowest BCUT2D eigenvalue weighted by atomic mass is 9.78. The summed E-state index contributed by atoms with van der Waals surface area (Å²) in [7, 11) is 4.42. The summed E-state index contributed by atoms with van der Waals surface area (Å²) < 4.78 is 45.4. The first-order chi connectivity index (χ1) is 30.7. The molecule has 0 aromatic carbocycles. The molecule has 0 radical (unpaired) electrons. The molecule has 3 heterocycles. The molecule has 1 saturated carbocycles. The fourth-order valence-electron chi connectivity index (χ4n) is 10.1. The molecule has 14 heteroatoms. The number of fused-ring (bicyclic) bond motifs is 3. The number of amides is 1. The highest BCUT2D eigenvalue weighted by Crippen LogP contribution is 2.38. The highest BCUT2D eigenvalue weighted by molar-refractivity contribution is 6.39. The van der Waals surface area contributed by atoms with E-state index in [9.17, 15) is 34.2 Å². The van der Waals surface area contributed by atoms with Crippen molar-refractivity contribution in [2.75, 3.05) is 27.9 Å². The Morgan fingerprint density at radius 2 is 1.60 bits per heavy atom. The Morgan fingerprint density at radius 1 is 0.877 bits per heavy atom. The van der Waals surface area contributed by atoms with Gasteiger partial charge in [0, 0.05) is 58.5 Å². The molecule has 366 valence electrons. The number of ether oxygens (including phenoxy) is 5. The van der Waals surface area contributed by atoms with E-state index in [1.807, 2.05) is 51.2 Å². The molecule has 1 amide bonds. The third kappa shape index (κ3) is 14.3. The van der Waals surface area contributed by atoms with Gasteiger partial charge < -0.3 is 38.8 Å². The Bertz CT molecular complexity index is 1760. The number of allylic oxidation sites excluding steroid dienone is 6. The van der Waals surface area contributed by atoms with Crippen molar-refractivity contribution >= 4 is 29.2 Å². The van der Waals surface area contributed by atoms with Crippen LogP contribution in [0.15, 0.2) is 47.6 Å². The zero-order chi connectivity index (χ0) is 48.2. The molecule has 15 atom stereocenters. The number of esters is 1. The Kier molecular flexibility index (Phi) is 20.9. The van der Waals surface area contributed by atoms with Crippen LogP contribution in [0.1, 0.15) is 126 Å². The van der Waals surface area contributed by atoms with E-state index in [4.69, 9.17) is 23.7 Å². The molecule has 0 aromatic heterocycles. The van der Waals surface area contributed by atoms with Crippen molar-refractivity contribution in [3.8, 4) is 0 Å². The maximum atomic E-state index is 16.2. The molecule has 3 fully saturated rings. The van der Waals surface area contributed by atoms with Gasteiger partial charge in [-0.05, 0) is 107 Å². The van der Waals surface area contributed by atoms with Gasteiger partial charge in [-0.3, -0.25) is 19.2 Å². The molecule has 0 spiro atoms. The summed E-state index contributed by atoms with van der Waals surface area (Å²) >= 11 is 0. The van der Waals surface area contributed by atoms with Crippen molar-refractivity contribution in [3.05, 3.63) is 47.6 Å². The van der Waals surface area contributed by atoms with Gasteiger partial charge in [0.25, 0.3) is 11.7 Å². The van der Waals surface area contributed by atoms with Crippen LogP contribution >= 0.6 is 0 Å². The average Bonchev–Trinajstić information content (AvgIpc) is 3.28. The minimum atomic E-state index is -2.44. The summed E-state index contributed by atoms with van der Waals surface area (Å²) in [6.07, 6.45) is 9.94. The van der Waals surface area contributed by atoms with Crippen LogP contribution in [0.4, 0.5) is 4.39 Å². The summed E-state index contributed by atoms with van der Waals surface area (Å²) in [5.41, 5.74) is 1.03. The van der Waals surface area contributed by atoms with E-state index in [2.05, 4.69) is 0 Å². The number of carbonyl (C=O) groups is 5. The number of rotatable bonds is 6. The second-order valence-electron chi connectivity index (χ2n) is 19.5. The van der Waals surface area contributed by atoms with Gasteiger partial charge in [-0.15, -0.1) is 0 Å². The monoisotopic (exact) mass is 916 g/mol. The third-order valence-electron chi connectivity index (χ3n) is 14.4. The maximum Gasteiger partial charge on any atom is 0.329 e. The molecule has 13 nitrogen and oxygen atoms in total. The molecule has 3 unspecified atom stereocenters. The average molecular weight is 916 g/mol. The van der Waals surface area contributed by atoms with Crippen LogP contribution in [0, 0.1) is 35.5 Å². The largest absolute Gasteiger partial charge is 0.460 e. The number of nitrogens with zero attached hydrogens (tertiary/aromatic N) is 1. The van der Waals surface area contributed by atoms with E-state index < -0.39 is 83.9 Å². The number of hydrogen-bond acceptors (Lipinski definition) is 12. The predicted octanol–water partition coefficient (Wildman–Crippen LogP) is 7.16. The van der Waals surface area contributed by atoms with Gasteiger partial charge in [0.2, 0.25) is 5.79 Å². The highest BCUT2D eigenvalue weighted by Gasteiger charge is 2.53. The van der Waals surface area contributed by atoms with E-state index in [0.29, 0.717) is 64.2 Å². The van der Waals surface area contributed by atoms with Crippen LogP contribution < -0.4 is 0 Å². The molecule has 1 aliphatic carbocycles. The molecule has 0 aromatic rings. The Hall–Kier alpha value is -3.40. The second kappa shape index (κ2) is 25.1. The lowest BCUT2D eigenvalue weighted by molar-refractivity contribution is -0.265. The van der Waals surface area contributed by atoms with Crippen LogP contribution in [-0.2, 0) is 47.7 Å². The van der Waals surface area contributed by atoms with Gasteiger partial charge in [0.15, 0.2) is 18.1 Å². The number of piperidine rings is 1. The normalized spacial score (nSPS) is 40.4. The lowest BCUT2D eigenvalue weighted by Gasteiger charge is -2.42. The molecule has 4 aliphatic rings. The number of carbonyl (C=O) groups excluding carboxylic acids is 5. The Morgan fingerprint density at radius 3 is 2.28 bits per heavy atom. The number of aliphatic hydroxyl groups is 2. The van der Waals surface area contributed by atoms with Crippen LogP contribution in [0.25, 0.3) is 0 Å². The molecular weight excluding hydrogens is 838 g/mol. The van der Waals surface area contributed by atoms with E-state index in [1.165, 1.54) is 25.0 Å². The van der Waals surface area contributed by atoms with E-state index in [-0.39, 0.29) is 60.4 Å². The van der Waals surface area contributed by atoms with Gasteiger partial charge in [0.1, 0.15) is 17.9 Å². The van der Waals surface area contributed by atoms with Crippen LogP contribution in [0.3, 0.4) is 0 Å². The molecule has 2 bridgehead atoms. The van der Waals surface area contributed by atoms with Crippen molar-refractivity contribution in [2.24, 2.45) is 35.5 Å². The van der Waals surface area contributed by atoms with Crippen LogP contribution in [0.2, 0.25) is 0 Å². The van der Waals surface area contributed by atoms with Gasteiger partial charge in [-0.2, -0.15) is 0 Å². The predicted molar refractivity (Wildman–Crippen MR) is 244 cm³/mol. The summed E-state index contributed by atoms with van der Waals surface area (Å²) in [5, 5.41) is 22.4. The van der Waals surface area contributed by atoms with Gasteiger partial charge >= 0.3 is 5.97 Å². The first-order valence-electron chi connectivity index (χ1n) is 23.9. The molecule has 2 N–H and O–H groups in total. The SMILES string of the molecule is CO[C@H]1C[C@@H]2CC[C@@H](C)[C@@](O)(O2)C(=O)C(=O)N2CCCC[C@H]2C(=O)OC([C@H](C)CC2CC[C@@H](O)[C@H](OC)C2)CC(=O)[C@H](C)/C=C(\C)C(F)[C@@H](OC)C(=O)[C@H](C)C[C@H](C)/C=C/C=C/C=C/1C. The minimum absolute atomic E-state index is 0.0215. The van der Waals surface area contributed by atoms with Gasteiger partial charge in [-0.25, -0.2) is 9.18 Å². The third-order valence-corrected chi connectivity index (χ3v) is 14.4. The maximum absolute atomic E-state index is 16.2. The van der Waals surface area contributed by atoms with Crippen molar-refractivity contribution in [3.63, 3.8) is 0 Å². The number of Topliss-reactive ketones (excluding diaryl/α,β-unsaturated/α-hetero) is 3. The summed E-state index contributed by atoms with van der Waals surface area (Å²) in [4.78, 5) is 71.6. The van der Waals surface area contributed by atoms with Crippen molar-refractivity contribution in [1.82, 2.24) is 4.90 Å². The first kappa shape index (κ1) is 54.2. The number of ketones is 3. The summed E-state index contributed by atoms with van der Waals surface area (Å²) in [6.45, 7) is 12.4. The van der Waals surface area contributed by atoms with Gasteiger partial charge in [-0.1, -0.05) is 71.1 Å². The number of halogens is 1. The quantitative estimate of drug-likeness (QED) is 0.157. The first-order valence-corrected chi connectivity index (χ1v) is 23.9.